The van der Waals surface area contributed by atoms with Gasteiger partial charge in [-0.25, -0.2) is 0 Å². The molecule has 0 aromatic carbocycles. The molecule has 1 aliphatic heterocycles. The van der Waals surface area contributed by atoms with Crippen LogP contribution in [0.1, 0.15) is 59.8 Å². The molecule has 4 aliphatic carbocycles. The molecule has 0 N–H and O–H groups in total. The van der Waals surface area contributed by atoms with E-state index in [4.69, 9.17) is 14.2 Å². The third-order valence-electron chi connectivity index (χ3n) is 9.06. The van der Waals surface area contributed by atoms with Gasteiger partial charge in [0.15, 0.2) is 11.6 Å². The van der Waals surface area contributed by atoms with Crippen LogP contribution in [0.2, 0.25) is 0 Å². The molecule has 5 aliphatic rings. The number of carbonyl (C=O) groups is 3. The summed E-state index contributed by atoms with van der Waals surface area (Å²) in [5.41, 5.74) is -0.981. The van der Waals surface area contributed by atoms with Crippen LogP contribution in [0.5, 0.6) is 0 Å². The third kappa shape index (κ3) is 2.71. The molecule has 0 aromatic heterocycles. The molecule has 1 spiro atoms. The van der Waals surface area contributed by atoms with Crippen LogP contribution in [0.4, 0.5) is 0 Å². The maximum Gasteiger partial charge on any atom is 0.281 e. The number of ether oxygens (including phenoxy) is 3. The molecule has 3 saturated carbocycles. The zero-order chi connectivity index (χ0) is 22.2. The van der Waals surface area contributed by atoms with E-state index in [2.05, 4.69) is 13.8 Å². The average Bonchev–Trinajstić information content (AvgIpc) is 2.98. The third-order valence-corrected chi connectivity index (χ3v) is 9.06. The molecule has 0 bridgehead atoms. The zero-order valence-electron chi connectivity index (χ0n) is 18.9. The Morgan fingerprint density at radius 1 is 1.16 bits per heavy atom. The maximum absolute atomic E-state index is 13.8. The molecule has 0 aromatic rings. The molecule has 6 nitrogen and oxygen atoms in total. The number of allylic oxidation sites excluding steroid dienone is 4. The number of rotatable bonds is 2. The van der Waals surface area contributed by atoms with Crippen molar-refractivity contribution in [2.75, 3.05) is 13.2 Å². The molecule has 0 amide bonds. The molecule has 0 unspecified atom stereocenters. The van der Waals surface area contributed by atoms with Crippen LogP contribution in [-0.4, -0.2) is 42.1 Å². The molecule has 4 fully saturated rings. The first-order valence-corrected chi connectivity index (χ1v) is 11.6. The SMILES string of the molecule is CCO[C@@]1(C)OCC(=O)[C@]2(CC[C@H]3[C@H]4CCC5=CC(=O)C=C[C@@]5(C)[C@@H]4C(=O)C[C@@]32C)O1. The van der Waals surface area contributed by atoms with Gasteiger partial charge < -0.3 is 14.2 Å². The van der Waals surface area contributed by atoms with Gasteiger partial charge in [0.1, 0.15) is 18.0 Å². The molecular weight excluding hydrogens is 396 g/mol. The van der Waals surface area contributed by atoms with Crippen molar-refractivity contribution >= 4 is 17.3 Å². The summed E-state index contributed by atoms with van der Waals surface area (Å²) in [7, 11) is 0. The smallest absolute Gasteiger partial charge is 0.281 e. The molecule has 0 radical (unpaired) electrons. The lowest BCUT2D eigenvalue weighted by Crippen LogP contribution is -2.66. The molecule has 168 valence electrons. The molecule has 5 rings (SSSR count). The molecule has 7 atom stereocenters. The van der Waals surface area contributed by atoms with Gasteiger partial charge in [0, 0.05) is 36.7 Å². The Labute approximate surface area is 183 Å². The Hall–Kier alpha value is -1.63. The molecule has 6 heteroatoms. The summed E-state index contributed by atoms with van der Waals surface area (Å²) >= 11 is 0. The van der Waals surface area contributed by atoms with Crippen molar-refractivity contribution in [1.82, 2.24) is 0 Å². The predicted molar refractivity (Wildman–Crippen MR) is 112 cm³/mol. The van der Waals surface area contributed by atoms with Crippen LogP contribution < -0.4 is 0 Å². The Balaban J connectivity index is 1.54. The van der Waals surface area contributed by atoms with E-state index in [0.717, 1.165) is 24.8 Å². The zero-order valence-corrected chi connectivity index (χ0v) is 18.9. The number of Topliss-reactive ketones (excluding diaryl/α,β-unsaturated/α-hetero) is 2. The quantitative estimate of drug-likeness (QED) is 0.669. The molecule has 31 heavy (non-hydrogen) atoms. The predicted octanol–water partition coefficient (Wildman–Crippen LogP) is 3.54. The second-order valence-corrected chi connectivity index (χ2v) is 10.5. The molecule has 1 saturated heterocycles. The number of carbonyl (C=O) groups excluding carboxylic acids is 3. The van der Waals surface area contributed by atoms with E-state index in [-0.39, 0.29) is 41.7 Å². The van der Waals surface area contributed by atoms with Gasteiger partial charge in [-0.05, 0) is 56.6 Å². The van der Waals surface area contributed by atoms with Crippen molar-refractivity contribution in [1.29, 1.82) is 0 Å². The lowest BCUT2D eigenvalue weighted by Gasteiger charge is -2.58. The summed E-state index contributed by atoms with van der Waals surface area (Å²) in [4.78, 5) is 39.0. The lowest BCUT2D eigenvalue weighted by atomic mass is 9.46. The van der Waals surface area contributed by atoms with E-state index in [1.165, 1.54) is 0 Å². The van der Waals surface area contributed by atoms with Crippen LogP contribution in [-0.2, 0) is 28.6 Å². The van der Waals surface area contributed by atoms with E-state index in [9.17, 15) is 14.4 Å². The van der Waals surface area contributed by atoms with E-state index in [1.54, 1.807) is 19.1 Å². The van der Waals surface area contributed by atoms with Crippen LogP contribution in [0.25, 0.3) is 0 Å². The number of fused-ring (bicyclic) bond motifs is 6. The standard InChI is InChI=1S/C25H32O6/c1-5-29-24(4)30-14-20(28)25(31-24)11-9-18-17-7-6-15-12-16(26)8-10-22(15,2)21(17)19(27)13-23(18,25)3/h8,10,12,17-18,21H,5-7,9,11,13-14H2,1-4H3/t17-,18+,21+,22-,23+,24+,25+/m1/s1. The highest BCUT2D eigenvalue weighted by molar-refractivity contribution is 6.02. The molecular formula is C25H32O6. The van der Waals surface area contributed by atoms with Gasteiger partial charge in [-0.1, -0.05) is 25.5 Å². The monoisotopic (exact) mass is 428 g/mol. The lowest BCUT2D eigenvalue weighted by molar-refractivity contribution is -0.419. The van der Waals surface area contributed by atoms with Crippen molar-refractivity contribution in [3.63, 3.8) is 0 Å². The van der Waals surface area contributed by atoms with Gasteiger partial charge in [-0.15, -0.1) is 0 Å². The summed E-state index contributed by atoms with van der Waals surface area (Å²) in [6.45, 7) is 8.11. The van der Waals surface area contributed by atoms with E-state index in [0.29, 0.717) is 19.4 Å². The maximum atomic E-state index is 13.8. The summed E-state index contributed by atoms with van der Waals surface area (Å²) in [6.07, 6.45) is 8.71. The van der Waals surface area contributed by atoms with Crippen LogP contribution >= 0.6 is 0 Å². The van der Waals surface area contributed by atoms with Gasteiger partial charge in [0.05, 0.1) is 0 Å². The fraction of sp³-hybridized carbons (Fsp3) is 0.720. The average molecular weight is 429 g/mol. The Morgan fingerprint density at radius 2 is 1.94 bits per heavy atom. The van der Waals surface area contributed by atoms with Gasteiger partial charge in [0.2, 0.25) is 0 Å². The van der Waals surface area contributed by atoms with Crippen LogP contribution in [0.3, 0.4) is 0 Å². The van der Waals surface area contributed by atoms with Gasteiger partial charge in [-0.3, -0.25) is 14.4 Å². The number of ketones is 3. The minimum Gasteiger partial charge on any atom is -0.328 e. The second-order valence-electron chi connectivity index (χ2n) is 10.5. The largest absolute Gasteiger partial charge is 0.328 e. The van der Waals surface area contributed by atoms with Crippen molar-refractivity contribution < 1.29 is 28.6 Å². The highest BCUT2D eigenvalue weighted by Crippen LogP contribution is 2.67. The van der Waals surface area contributed by atoms with Gasteiger partial charge in [-0.2, -0.15) is 0 Å². The van der Waals surface area contributed by atoms with E-state index >= 15 is 0 Å². The summed E-state index contributed by atoms with van der Waals surface area (Å²) in [5.74, 6) is -0.949. The fourth-order valence-electron chi connectivity index (χ4n) is 7.69. The van der Waals surface area contributed by atoms with Gasteiger partial charge in [0.25, 0.3) is 5.97 Å². The van der Waals surface area contributed by atoms with Crippen molar-refractivity contribution in [3.8, 4) is 0 Å². The topological polar surface area (TPSA) is 78.9 Å². The second kappa shape index (κ2) is 6.69. The summed E-state index contributed by atoms with van der Waals surface area (Å²) in [6, 6.07) is 0. The van der Waals surface area contributed by atoms with Gasteiger partial charge >= 0.3 is 0 Å². The summed E-state index contributed by atoms with van der Waals surface area (Å²) < 4.78 is 17.8. The highest BCUT2D eigenvalue weighted by Gasteiger charge is 2.71. The first-order valence-electron chi connectivity index (χ1n) is 11.6. The van der Waals surface area contributed by atoms with Crippen molar-refractivity contribution in [2.45, 2.75) is 71.4 Å². The first kappa shape index (κ1) is 21.2. The van der Waals surface area contributed by atoms with E-state index < -0.39 is 22.4 Å². The highest BCUT2D eigenvalue weighted by atomic mass is 16.9. The van der Waals surface area contributed by atoms with Crippen LogP contribution in [0, 0.1) is 28.6 Å². The van der Waals surface area contributed by atoms with Crippen molar-refractivity contribution in [3.05, 3.63) is 23.8 Å². The Kier molecular flexibility index (Phi) is 4.58. The summed E-state index contributed by atoms with van der Waals surface area (Å²) in [5, 5.41) is 0. The van der Waals surface area contributed by atoms with Crippen LogP contribution in [0.15, 0.2) is 23.8 Å². The van der Waals surface area contributed by atoms with E-state index in [1.807, 2.05) is 13.0 Å². The Bertz CT molecular complexity index is 919. The minimum atomic E-state index is -1.28. The number of hydrogen-bond donors (Lipinski definition) is 0. The molecule has 1 heterocycles. The minimum absolute atomic E-state index is 0.00949. The fourth-order valence-corrected chi connectivity index (χ4v) is 7.69. The number of hydrogen-bond acceptors (Lipinski definition) is 6. The normalized spacial score (nSPS) is 49.0. The Morgan fingerprint density at radius 3 is 2.68 bits per heavy atom. The first-order chi connectivity index (χ1) is 14.6. The van der Waals surface area contributed by atoms with Crippen molar-refractivity contribution in [2.24, 2.45) is 28.6 Å².